The van der Waals surface area contributed by atoms with Gasteiger partial charge in [-0.05, 0) is 252 Å². The van der Waals surface area contributed by atoms with E-state index in [2.05, 4.69) is 96.6 Å². The second kappa shape index (κ2) is 22.4. The van der Waals surface area contributed by atoms with Crippen LogP contribution in [0.4, 0.5) is 0 Å². The minimum Gasteiger partial charge on any atom is -0.492 e. The summed E-state index contributed by atoms with van der Waals surface area (Å²) in [6.45, 7) is 24.5. The number of rotatable bonds is 16. The molecule has 0 saturated carbocycles. The fourth-order valence-electron chi connectivity index (χ4n) is 14.8. The number of nitrogens with one attached hydrogen (secondary N) is 2. The molecule has 0 aliphatic rings. The molecule has 12 nitrogen and oxygen atoms in total. The van der Waals surface area contributed by atoms with Gasteiger partial charge < -0.3 is 20.1 Å². The van der Waals surface area contributed by atoms with Crippen molar-refractivity contribution >= 4 is 141 Å². The molecule has 0 spiro atoms. The van der Waals surface area contributed by atoms with E-state index in [1.54, 1.807) is 0 Å². The molecule has 15 rings (SSSR count). The highest BCUT2D eigenvalue weighted by molar-refractivity contribution is 6.38. The van der Waals surface area contributed by atoms with E-state index in [4.69, 9.17) is 9.47 Å². The molecule has 12 heteroatoms. The molecule has 2 aromatic heterocycles. The van der Waals surface area contributed by atoms with Crippen LogP contribution < -0.4 is 42.3 Å². The Morgan fingerprint density at radius 2 is 0.596 bits per heavy atom. The van der Waals surface area contributed by atoms with E-state index in [1.165, 1.54) is 21.3 Å². The number of pyridine rings is 2. The van der Waals surface area contributed by atoms with Crippen LogP contribution in [-0.4, -0.2) is 47.3 Å². The molecule has 0 fully saturated rings. The Labute approximate surface area is 539 Å². The maximum Gasteiger partial charge on any atom is 0.266 e. The molecule has 15 aromatic rings. The number of aromatic nitrogens is 2. The molecule has 464 valence electrons. The Hall–Kier alpha value is -11.0. The Balaban J connectivity index is 0.811. The highest BCUT2D eigenvalue weighted by atomic mass is 16.5. The largest absolute Gasteiger partial charge is 0.492 e. The van der Waals surface area contributed by atoms with E-state index in [0.717, 1.165) is 119 Å². The summed E-state index contributed by atoms with van der Waals surface area (Å²) in [7, 11) is 0. The highest BCUT2D eigenvalue weighted by Crippen LogP contribution is 2.46. The maximum absolute atomic E-state index is 15.1. The third kappa shape index (κ3) is 9.23. The molecule has 0 aliphatic heterocycles. The zero-order valence-electron chi connectivity index (χ0n) is 53.7. The second-order valence-corrected chi connectivity index (χ2v) is 26.4. The number of hydrogen-bond donors (Lipinski definition) is 2. The van der Waals surface area contributed by atoms with Gasteiger partial charge in [-0.3, -0.25) is 28.8 Å². The Morgan fingerprint density at radius 3 is 0.840 bits per heavy atom. The Morgan fingerprint density at radius 1 is 0.351 bits per heavy atom. The molecule has 0 radical (unpaired) electrons. The van der Waals surface area contributed by atoms with Crippen molar-refractivity contribution in [1.82, 2.24) is 19.8 Å². The lowest BCUT2D eigenvalue weighted by atomic mass is 9.91. The average Bonchev–Trinajstić information content (AvgIpc) is 1.45. The number of amides is 2. The van der Waals surface area contributed by atoms with Crippen molar-refractivity contribution in [1.29, 1.82) is 0 Å². The van der Waals surface area contributed by atoms with Crippen molar-refractivity contribution in [2.75, 3.05) is 26.3 Å². The van der Waals surface area contributed by atoms with E-state index in [-0.39, 0.29) is 70.9 Å². The van der Waals surface area contributed by atoms with E-state index < -0.39 is 0 Å². The normalized spacial score (nSPS) is 12.3. The lowest BCUT2D eigenvalue weighted by Gasteiger charge is -2.23. The van der Waals surface area contributed by atoms with E-state index in [1.807, 2.05) is 128 Å². The first-order chi connectivity index (χ1) is 45.3. The van der Waals surface area contributed by atoms with Gasteiger partial charge in [0.05, 0.1) is 24.5 Å². The first kappa shape index (κ1) is 59.3. The van der Waals surface area contributed by atoms with E-state index >= 15 is 19.2 Å². The monoisotopic (exact) mass is 1240 g/mol. The van der Waals surface area contributed by atoms with Crippen molar-refractivity contribution in [2.45, 2.75) is 79.1 Å². The summed E-state index contributed by atoms with van der Waals surface area (Å²) >= 11 is 0. The first-order valence-corrected chi connectivity index (χ1v) is 32.3. The molecular weight excluding hydrogens is 1170 g/mol. The molecular formula is C82H68N4O8. The van der Waals surface area contributed by atoms with Gasteiger partial charge in [0.25, 0.3) is 22.2 Å². The minimum absolute atomic E-state index is 0.0629. The van der Waals surface area contributed by atoms with Crippen LogP contribution in [0.1, 0.15) is 101 Å². The maximum atomic E-state index is 15.1. The molecule has 2 heterocycles. The Bertz CT molecular complexity index is 5380. The number of carbonyl (C=O) groups is 2. The summed E-state index contributed by atoms with van der Waals surface area (Å²) in [5, 5.41) is 27.3. The standard InChI is InChI=1S/C82H68N4O8/c1-11-71(87)83-25-27-93-53-37-63(41(3)4)77(64(38-53)42(5)6)85-79(89)59-21-17-55-67-33-49-29-45-13-15-47-31-51-35-69-57-19-23-61-76-62(82(92)86(81(61)91)78-65(43(7)8)39-54(40-66(78)44(9)10)94-28-26-84-72(88)12-2)24-20-58(74(57)76)70(69)36-52(51)32-48(47)16-14-46(45)30-50(49)34-68(67)56-18-22-60(80(85)90)75(59)73(55)56/h11-24,29-44H,1-2,25-28H2,3-10H3,(H,83,87)(H,84,88). The second-order valence-electron chi connectivity index (χ2n) is 26.4. The predicted octanol–water partition coefficient (Wildman–Crippen LogP) is 16.7. The quantitative estimate of drug-likeness (QED) is 0.0716. The molecule has 0 bridgehead atoms. The third-order valence-electron chi connectivity index (χ3n) is 19.4. The molecule has 0 aliphatic carbocycles. The van der Waals surface area contributed by atoms with E-state index in [0.29, 0.717) is 68.3 Å². The summed E-state index contributed by atoms with van der Waals surface area (Å²) in [5.41, 5.74) is 2.99. The van der Waals surface area contributed by atoms with Gasteiger partial charge in [-0.1, -0.05) is 117 Å². The van der Waals surface area contributed by atoms with Gasteiger partial charge in [0.1, 0.15) is 24.7 Å². The van der Waals surface area contributed by atoms with Crippen LogP contribution >= 0.6 is 0 Å². The number of hydrogen-bond acceptors (Lipinski definition) is 8. The van der Waals surface area contributed by atoms with Crippen LogP contribution in [0.2, 0.25) is 0 Å². The lowest BCUT2D eigenvalue weighted by Crippen LogP contribution is -2.33. The fourth-order valence-corrected chi connectivity index (χ4v) is 14.8. The SMILES string of the molecule is C=CC(=O)NCCOc1cc(C(C)C)c(-n2c(=O)c3ccc4c5cc6cc7ccc8cc9cc%10c(cc9cc8ccc7cc6cc5c5ccc(c2=O)c3c45)c2ccc3c(=O)n(-c4c(C(C)C)cc(OCCNC(=O)C=C)cc4C(C)C)c(=O)c4ccc%10c2c43)c(C(C)C)c1. The van der Waals surface area contributed by atoms with Crippen LogP contribution in [0.15, 0.2) is 190 Å². The van der Waals surface area contributed by atoms with Crippen molar-refractivity contribution in [3.8, 4) is 22.9 Å². The van der Waals surface area contributed by atoms with Crippen LogP contribution in [0.25, 0.3) is 141 Å². The predicted molar refractivity (Wildman–Crippen MR) is 388 cm³/mol. The van der Waals surface area contributed by atoms with E-state index in [9.17, 15) is 9.59 Å². The van der Waals surface area contributed by atoms with Gasteiger partial charge in [0.15, 0.2) is 0 Å². The summed E-state index contributed by atoms with van der Waals surface area (Å²) in [6, 6.07) is 50.1. The number of fused-ring (bicyclic) bond motifs is 10. The Kier molecular flexibility index (Phi) is 14.1. The van der Waals surface area contributed by atoms with Crippen LogP contribution in [0.3, 0.4) is 0 Å². The van der Waals surface area contributed by atoms with Gasteiger partial charge >= 0.3 is 0 Å². The molecule has 2 amide bonds. The minimum atomic E-state index is -0.362. The summed E-state index contributed by atoms with van der Waals surface area (Å²) < 4.78 is 15.1. The van der Waals surface area contributed by atoms with Crippen LogP contribution in [-0.2, 0) is 9.59 Å². The number of benzene rings is 10. The average molecular weight is 1240 g/mol. The summed E-state index contributed by atoms with van der Waals surface area (Å²) in [5.74, 6) is 0.383. The molecule has 0 saturated heterocycles. The molecule has 0 unspecified atom stereocenters. The number of carbonyl (C=O) groups excluding carboxylic acids is 2. The molecule has 13 aromatic carbocycles. The van der Waals surface area contributed by atoms with Crippen LogP contribution in [0.5, 0.6) is 11.5 Å². The van der Waals surface area contributed by atoms with Gasteiger partial charge in [-0.15, -0.1) is 0 Å². The first-order valence-electron chi connectivity index (χ1n) is 32.3. The van der Waals surface area contributed by atoms with Crippen molar-refractivity contribution in [3.05, 3.63) is 235 Å². The fraction of sp³-hybridized carbons (Fsp3) is 0.195. The zero-order valence-corrected chi connectivity index (χ0v) is 53.7. The number of ether oxygens (including phenoxy) is 2. The van der Waals surface area contributed by atoms with Crippen molar-refractivity contribution in [3.63, 3.8) is 0 Å². The van der Waals surface area contributed by atoms with Crippen LogP contribution in [0, 0.1) is 0 Å². The van der Waals surface area contributed by atoms with Crippen molar-refractivity contribution < 1.29 is 19.1 Å². The van der Waals surface area contributed by atoms with Gasteiger partial charge in [-0.25, -0.2) is 9.13 Å². The van der Waals surface area contributed by atoms with Gasteiger partial charge in [0.2, 0.25) is 11.8 Å². The lowest BCUT2D eigenvalue weighted by molar-refractivity contribution is -0.117. The van der Waals surface area contributed by atoms with Crippen molar-refractivity contribution in [2.24, 2.45) is 0 Å². The number of nitrogens with zero attached hydrogens (tertiary/aromatic N) is 2. The molecule has 94 heavy (non-hydrogen) atoms. The topological polar surface area (TPSA) is 155 Å². The van der Waals surface area contributed by atoms with Gasteiger partial charge in [0, 0.05) is 32.3 Å². The highest BCUT2D eigenvalue weighted by Gasteiger charge is 2.29. The summed E-state index contributed by atoms with van der Waals surface area (Å²) in [6.07, 6.45) is 2.44. The van der Waals surface area contributed by atoms with Gasteiger partial charge in [-0.2, -0.15) is 0 Å². The molecule has 2 N–H and O–H groups in total. The third-order valence-corrected chi connectivity index (χ3v) is 19.4. The molecule has 0 atom stereocenters. The zero-order chi connectivity index (χ0) is 65.4. The summed E-state index contributed by atoms with van der Waals surface area (Å²) in [4.78, 5) is 84.0. The smallest absolute Gasteiger partial charge is 0.266 e.